The fourth-order valence-corrected chi connectivity index (χ4v) is 3.76. The molecule has 0 radical (unpaired) electrons. The lowest BCUT2D eigenvalue weighted by molar-refractivity contribution is -0.120. The third-order valence-corrected chi connectivity index (χ3v) is 5.64. The molecule has 0 saturated heterocycles. The average Bonchev–Trinajstić information content (AvgIpc) is 2.72. The highest BCUT2D eigenvalue weighted by atomic mass is 32.1. The first-order chi connectivity index (χ1) is 14.0. The zero-order valence-electron chi connectivity index (χ0n) is 18.1. The Labute approximate surface area is 180 Å². The van der Waals surface area contributed by atoms with Gasteiger partial charge in [-0.05, 0) is 54.6 Å². The summed E-state index contributed by atoms with van der Waals surface area (Å²) in [6, 6.07) is 5.83. The van der Waals surface area contributed by atoms with Crippen LogP contribution in [0.3, 0.4) is 0 Å². The second kappa shape index (κ2) is 12.7. The molecule has 2 N–H and O–H groups in total. The Morgan fingerprint density at radius 2 is 1.97 bits per heavy atom. The first kappa shape index (κ1) is 23.5. The number of rotatable bonds is 10. The van der Waals surface area contributed by atoms with Gasteiger partial charge in [0.2, 0.25) is 5.91 Å². The molecule has 29 heavy (non-hydrogen) atoms. The van der Waals surface area contributed by atoms with Crippen molar-refractivity contribution in [2.75, 3.05) is 13.7 Å². The van der Waals surface area contributed by atoms with Crippen LogP contribution in [0.5, 0.6) is 11.5 Å². The van der Waals surface area contributed by atoms with Crippen LogP contribution >= 0.6 is 12.2 Å². The van der Waals surface area contributed by atoms with E-state index in [9.17, 15) is 4.79 Å². The number of amides is 1. The van der Waals surface area contributed by atoms with Crippen LogP contribution < -0.4 is 20.1 Å². The molecule has 0 spiro atoms. The minimum Gasteiger partial charge on any atom is -0.493 e. The molecule has 1 aromatic carbocycles. The molecule has 2 rings (SSSR count). The summed E-state index contributed by atoms with van der Waals surface area (Å²) in [5.74, 6) is 2.75. The maximum absolute atomic E-state index is 12.1. The monoisotopic (exact) mass is 420 g/mol. The molecule has 0 heterocycles. The molecule has 6 heteroatoms. The van der Waals surface area contributed by atoms with Gasteiger partial charge < -0.3 is 20.1 Å². The molecule has 1 saturated carbocycles. The van der Waals surface area contributed by atoms with Crippen molar-refractivity contribution >= 4 is 23.2 Å². The number of hydrogen-bond acceptors (Lipinski definition) is 4. The zero-order chi connectivity index (χ0) is 21.1. The Morgan fingerprint density at radius 3 is 2.66 bits per heavy atom. The normalized spacial score (nSPS) is 14.5. The molecular weight excluding hydrogens is 384 g/mol. The van der Waals surface area contributed by atoms with Gasteiger partial charge >= 0.3 is 0 Å². The van der Waals surface area contributed by atoms with Gasteiger partial charge in [-0.2, -0.15) is 0 Å². The van der Waals surface area contributed by atoms with Crippen LogP contribution in [0.4, 0.5) is 0 Å². The van der Waals surface area contributed by atoms with E-state index in [0.29, 0.717) is 42.3 Å². The lowest BCUT2D eigenvalue weighted by atomic mass is 9.86. The molecule has 0 unspecified atom stereocenters. The van der Waals surface area contributed by atoms with E-state index in [1.807, 2.05) is 18.2 Å². The molecule has 162 valence electrons. The number of carbonyl (C=O) groups excluding carboxylic acids is 1. The van der Waals surface area contributed by atoms with E-state index >= 15 is 0 Å². The summed E-state index contributed by atoms with van der Waals surface area (Å²) in [6.45, 7) is 5.53. The van der Waals surface area contributed by atoms with E-state index in [0.717, 1.165) is 24.2 Å². The van der Waals surface area contributed by atoms with Gasteiger partial charge in [0, 0.05) is 13.0 Å². The van der Waals surface area contributed by atoms with E-state index in [1.165, 1.54) is 32.1 Å². The highest BCUT2D eigenvalue weighted by molar-refractivity contribution is 7.80. The van der Waals surface area contributed by atoms with Gasteiger partial charge in [0.05, 0.1) is 13.7 Å². The van der Waals surface area contributed by atoms with Gasteiger partial charge in [-0.3, -0.25) is 4.79 Å². The predicted molar refractivity (Wildman–Crippen MR) is 121 cm³/mol. The maximum atomic E-state index is 12.1. The van der Waals surface area contributed by atoms with Gasteiger partial charge in [0.15, 0.2) is 16.6 Å². The van der Waals surface area contributed by atoms with E-state index < -0.39 is 0 Å². The Balaban J connectivity index is 1.73. The van der Waals surface area contributed by atoms with Crippen molar-refractivity contribution in [1.29, 1.82) is 0 Å². The van der Waals surface area contributed by atoms with E-state index in [-0.39, 0.29) is 5.91 Å². The molecule has 0 aromatic heterocycles. The average molecular weight is 421 g/mol. The summed E-state index contributed by atoms with van der Waals surface area (Å²) in [7, 11) is 1.64. The zero-order valence-corrected chi connectivity index (χ0v) is 18.9. The molecule has 5 nitrogen and oxygen atoms in total. The van der Waals surface area contributed by atoms with Crippen LogP contribution in [0.1, 0.15) is 70.8 Å². The molecular formula is C23H36N2O3S. The third-order valence-electron chi connectivity index (χ3n) is 5.39. The van der Waals surface area contributed by atoms with Crippen LogP contribution in [0.2, 0.25) is 0 Å². The minimum absolute atomic E-state index is 0.000413. The van der Waals surface area contributed by atoms with Crippen LogP contribution in [-0.2, 0) is 11.3 Å². The van der Waals surface area contributed by atoms with Gasteiger partial charge in [0.25, 0.3) is 0 Å². The second-order valence-electron chi connectivity index (χ2n) is 8.29. The summed E-state index contributed by atoms with van der Waals surface area (Å²) in [6.07, 6.45) is 8.97. The molecule has 0 aliphatic heterocycles. The Morgan fingerprint density at radius 1 is 1.21 bits per heavy atom. The summed E-state index contributed by atoms with van der Waals surface area (Å²) >= 11 is 5.27. The highest BCUT2D eigenvalue weighted by Crippen LogP contribution is 2.29. The topological polar surface area (TPSA) is 59.6 Å². The molecule has 1 amide bonds. The number of methoxy groups -OCH3 is 1. The van der Waals surface area contributed by atoms with Gasteiger partial charge in [-0.15, -0.1) is 0 Å². The standard InChI is InChI=1S/C23H36N2O3S/c1-17(2)13-14-28-20-11-9-19(15-21(20)27-3)16-24-23(29)25-22(26)12-10-18-7-5-4-6-8-18/h9,11,15,17-18H,4-8,10,12-14,16H2,1-3H3,(H2,24,25,26,29). The Bertz CT molecular complexity index is 658. The minimum atomic E-state index is -0.000413. The summed E-state index contributed by atoms with van der Waals surface area (Å²) in [4.78, 5) is 12.1. The van der Waals surface area contributed by atoms with Crippen molar-refractivity contribution in [1.82, 2.24) is 10.6 Å². The Kier molecular flexibility index (Phi) is 10.3. The molecule has 0 atom stereocenters. The molecule has 1 fully saturated rings. The largest absolute Gasteiger partial charge is 0.493 e. The lowest BCUT2D eigenvalue weighted by Gasteiger charge is -2.21. The number of hydrogen-bond donors (Lipinski definition) is 2. The number of ether oxygens (including phenoxy) is 2. The van der Waals surface area contributed by atoms with Gasteiger partial charge in [-0.1, -0.05) is 52.0 Å². The summed E-state index contributed by atoms with van der Waals surface area (Å²) in [5.41, 5.74) is 1.01. The molecule has 1 aliphatic rings. The molecule has 1 aromatic rings. The highest BCUT2D eigenvalue weighted by Gasteiger charge is 2.15. The SMILES string of the molecule is COc1cc(CNC(=S)NC(=O)CCC2CCCCC2)ccc1OCCC(C)C. The summed E-state index contributed by atoms with van der Waals surface area (Å²) in [5, 5.41) is 6.26. The number of nitrogens with one attached hydrogen (secondary N) is 2. The first-order valence-corrected chi connectivity index (χ1v) is 11.3. The second-order valence-corrected chi connectivity index (χ2v) is 8.70. The predicted octanol–water partition coefficient (Wildman–Crippen LogP) is 4.97. The maximum Gasteiger partial charge on any atom is 0.226 e. The smallest absolute Gasteiger partial charge is 0.226 e. The molecule has 0 bridgehead atoms. The quantitative estimate of drug-likeness (QED) is 0.523. The van der Waals surface area contributed by atoms with Crippen molar-refractivity contribution < 1.29 is 14.3 Å². The van der Waals surface area contributed by atoms with Crippen molar-refractivity contribution in [2.45, 2.75) is 71.8 Å². The molecule has 1 aliphatic carbocycles. The fourth-order valence-electron chi connectivity index (χ4n) is 3.57. The van der Waals surface area contributed by atoms with Crippen molar-refractivity contribution in [3.63, 3.8) is 0 Å². The number of carbonyl (C=O) groups is 1. The summed E-state index contributed by atoms with van der Waals surface area (Å²) < 4.78 is 11.3. The van der Waals surface area contributed by atoms with Crippen LogP contribution in [-0.4, -0.2) is 24.7 Å². The van der Waals surface area contributed by atoms with Crippen molar-refractivity contribution in [2.24, 2.45) is 11.8 Å². The van der Waals surface area contributed by atoms with E-state index in [2.05, 4.69) is 24.5 Å². The van der Waals surface area contributed by atoms with Gasteiger partial charge in [-0.25, -0.2) is 0 Å². The van der Waals surface area contributed by atoms with Gasteiger partial charge in [0.1, 0.15) is 0 Å². The third kappa shape index (κ3) is 9.03. The van der Waals surface area contributed by atoms with Crippen LogP contribution in [0, 0.1) is 11.8 Å². The first-order valence-electron chi connectivity index (χ1n) is 10.8. The Hall–Kier alpha value is -1.82. The lowest BCUT2D eigenvalue weighted by Crippen LogP contribution is -2.38. The van der Waals surface area contributed by atoms with Crippen LogP contribution in [0.15, 0.2) is 18.2 Å². The number of thiocarbonyl (C=S) groups is 1. The van der Waals surface area contributed by atoms with Crippen LogP contribution in [0.25, 0.3) is 0 Å². The van der Waals surface area contributed by atoms with Crippen molar-refractivity contribution in [3.05, 3.63) is 23.8 Å². The van der Waals surface area contributed by atoms with E-state index in [1.54, 1.807) is 7.11 Å². The fraction of sp³-hybridized carbons (Fsp3) is 0.652. The van der Waals surface area contributed by atoms with E-state index in [4.69, 9.17) is 21.7 Å². The van der Waals surface area contributed by atoms with Crippen molar-refractivity contribution in [3.8, 4) is 11.5 Å². The number of benzene rings is 1.